The van der Waals surface area contributed by atoms with E-state index in [1.807, 2.05) is 45.9 Å². The van der Waals surface area contributed by atoms with Crippen LogP contribution in [-0.4, -0.2) is 61.6 Å². The monoisotopic (exact) mass is 1070 g/mol. The van der Waals surface area contributed by atoms with Crippen molar-refractivity contribution in [2.75, 3.05) is 13.2 Å². The number of hydrogen-bond acceptors (Lipinski definition) is 12. The lowest BCUT2D eigenvalue weighted by Crippen LogP contribution is -2.08. The Morgan fingerprint density at radius 3 is 1.36 bits per heavy atom. The number of aliphatic carboxylic acids is 1. The van der Waals surface area contributed by atoms with Crippen LogP contribution < -0.4 is 18.9 Å². The average molecular weight is 1070 g/mol. The number of ether oxygens (including phenoxy) is 4. The largest absolute Gasteiger partial charge is 0.493 e. The van der Waals surface area contributed by atoms with Gasteiger partial charge in [0.2, 0.25) is 11.8 Å². The molecule has 0 fully saturated rings. The number of ketones is 3. The molecule has 0 unspecified atom stereocenters. The number of carbonyl (C=O) groups is 4. The molecule has 0 radical (unpaired) electrons. The summed E-state index contributed by atoms with van der Waals surface area (Å²) in [5.41, 5.74) is 6.74. The third kappa shape index (κ3) is 15.6. The summed E-state index contributed by atoms with van der Waals surface area (Å²) in [6.07, 6.45) is 4.48. The van der Waals surface area contributed by atoms with Crippen molar-refractivity contribution >= 4 is 68.3 Å². The van der Waals surface area contributed by atoms with Gasteiger partial charge in [-0.15, -0.1) is 0 Å². The van der Waals surface area contributed by atoms with Gasteiger partial charge in [0.1, 0.15) is 64.6 Å². The summed E-state index contributed by atoms with van der Waals surface area (Å²) in [5, 5.41) is 10.9. The van der Waals surface area contributed by atoms with Crippen LogP contribution >= 0.6 is 23.2 Å². The van der Waals surface area contributed by atoms with E-state index >= 15 is 0 Å². The molecule has 0 bridgehead atoms. The van der Waals surface area contributed by atoms with Crippen LogP contribution in [0.3, 0.4) is 0 Å². The third-order valence-electron chi connectivity index (χ3n) is 11.9. The normalized spacial score (nSPS) is 11.0. The summed E-state index contributed by atoms with van der Waals surface area (Å²) in [7, 11) is 0. The van der Waals surface area contributed by atoms with E-state index in [-0.39, 0.29) is 56.1 Å². The van der Waals surface area contributed by atoms with Gasteiger partial charge in [-0.25, -0.2) is 28.7 Å². The van der Waals surface area contributed by atoms with E-state index in [1.165, 1.54) is 24.8 Å². The first-order valence-electron chi connectivity index (χ1n) is 24.3. The smallest absolute Gasteiger partial charge is 0.303 e. The predicted octanol–water partition coefficient (Wildman–Crippen LogP) is 13.4. The second kappa shape index (κ2) is 26.1. The Morgan fingerprint density at radius 2 is 0.947 bits per heavy atom. The number of Topliss-reactive ketones (excluding diaryl/α,β-unsaturated/α-hetero) is 3. The number of rotatable bonds is 22. The topological polar surface area (TPSA) is 177 Å². The number of benzene rings is 6. The van der Waals surface area contributed by atoms with Crippen LogP contribution in [0, 0.1) is 39.3 Å². The molecular formula is C59H54Cl2F2N4O9. The molecule has 8 rings (SSSR count). The molecule has 0 atom stereocenters. The van der Waals surface area contributed by atoms with E-state index in [0.29, 0.717) is 115 Å². The highest BCUT2D eigenvalue weighted by atomic mass is 35.5. The van der Waals surface area contributed by atoms with E-state index in [1.54, 1.807) is 73.7 Å². The molecule has 0 aliphatic carbocycles. The second-order valence-corrected chi connectivity index (χ2v) is 19.1. The van der Waals surface area contributed by atoms with E-state index in [4.69, 9.17) is 47.3 Å². The van der Waals surface area contributed by atoms with E-state index in [2.05, 4.69) is 19.9 Å². The van der Waals surface area contributed by atoms with Crippen molar-refractivity contribution in [1.82, 2.24) is 19.9 Å². The van der Waals surface area contributed by atoms with Crippen molar-refractivity contribution in [3.63, 3.8) is 0 Å². The molecule has 1 N–H and O–H groups in total. The Morgan fingerprint density at radius 1 is 0.526 bits per heavy atom. The van der Waals surface area contributed by atoms with Gasteiger partial charge in [0, 0.05) is 60.7 Å². The van der Waals surface area contributed by atoms with Gasteiger partial charge >= 0.3 is 5.97 Å². The number of nitrogens with zero attached hydrogens (tertiary/aromatic N) is 4. The molecule has 0 spiro atoms. The maximum absolute atomic E-state index is 14.0. The number of hydrogen-bond donors (Lipinski definition) is 1. The van der Waals surface area contributed by atoms with E-state index in [9.17, 15) is 28.0 Å². The first kappa shape index (κ1) is 55.9. The lowest BCUT2D eigenvalue weighted by atomic mass is 10.0. The van der Waals surface area contributed by atoms with Gasteiger partial charge in [0.05, 0.1) is 35.0 Å². The fourth-order valence-corrected chi connectivity index (χ4v) is 8.54. The number of aromatic nitrogens is 4. The molecule has 0 aliphatic heterocycles. The molecule has 2 heterocycles. The molecule has 17 heteroatoms. The molecule has 13 nitrogen and oxygen atoms in total. The molecule has 8 aromatic rings. The lowest BCUT2D eigenvalue weighted by Gasteiger charge is -2.13. The maximum Gasteiger partial charge on any atom is 0.303 e. The van der Waals surface area contributed by atoms with Gasteiger partial charge in [-0.3, -0.25) is 14.4 Å². The summed E-state index contributed by atoms with van der Waals surface area (Å²) in [4.78, 5) is 64.2. The standard InChI is InChI=1S/C30H28ClFN2O4.C29H26ClFN2O5/c1-18-6-9-27(32)22(11-18)14-23(36)13-21-7-8-24(15-26(21)31)38-30-25-12-19(2)29(16-28(25)33-17-34-30)37-10-4-5-20(3)35;1-17-5-8-25(31)20(10-17)13-21(34)12-19-6-7-22(14-24(19)30)38-29-23-11-18(2)27(15-26(23)32-16-33-29)37-9-3-4-28(35)36/h6-9,11-12,15-17H,4-5,10,13-14H2,1-3H3;5-8,10-11,14-16H,3-4,9,12-13H2,1-2H3,(H,35,36). The second-order valence-electron chi connectivity index (χ2n) is 18.3. The lowest BCUT2D eigenvalue weighted by molar-refractivity contribution is -0.137. The highest BCUT2D eigenvalue weighted by molar-refractivity contribution is 6.32. The maximum atomic E-state index is 14.0. The Kier molecular flexibility index (Phi) is 19.2. The molecule has 0 saturated carbocycles. The average Bonchev–Trinajstić information content (AvgIpc) is 3.37. The fraction of sp³-hybridized carbons (Fsp3) is 0.254. The van der Waals surface area contributed by atoms with Crippen molar-refractivity contribution in [1.29, 1.82) is 0 Å². The number of carboxylic acid groups (broad SMARTS) is 1. The zero-order valence-electron chi connectivity index (χ0n) is 42.5. The Balaban J connectivity index is 0.000000221. The summed E-state index contributed by atoms with van der Waals surface area (Å²) in [6, 6.07) is 26.9. The van der Waals surface area contributed by atoms with Crippen LogP contribution in [0.1, 0.15) is 77.1 Å². The molecule has 0 saturated heterocycles. The van der Waals surface area contributed by atoms with Crippen LogP contribution in [0.2, 0.25) is 10.0 Å². The third-order valence-corrected chi connectivity index (χ3v) is 12.6. The molecular weight excluding hydrogens is 1020 g/mol. The van der Waals surface area contributed by atoms with Crippen LogP contribution in [0.5, 0.6) is 34.8 Å². The van der Waals surface area contributed by atoms with Gasteiger partial charge in [0.15, 0.2) is 0 Å². The van der Waals surface area contributed by atoms with Crippen LogP contribution in [-0.2, 0) is 44.9 Å². The highest BCUT2D eigenvalue weighted by Gasteiger charge is 2.17. The molecule has 0 aliphatic rings. The molecule has 76 heavy (non-hydrogen) atoms. The Hall–Kier alpha value is -7.88. The van der Waals surface area contributed by atoms with E-state index < -0.39 is 17.6 Å². The Bertz CT molecular complexity index is 3240. The first-order valence-corrected chi connectivity index (χ1v) is 25.1. The van der Waals surface area contributed by atoms with E-state index in [0.717, 1.165) is 22.3 Å². The zero-order valence-corrected chi connectivity index (χ0v) is 44.0. The molecule has 0 amide bonds. The highest BCUT2D eigenvalue weighted by Crippen LogP contribution is 2.35. The number of carbonyl (C=O) groups excluding carboxylic acids is 3. The summed E-state index contributed by atoms with van der Waals surface area (Å²) in [6.45, 7) is 9.78. The summed E-state index contributed by atoms with van der Waals surface area (Å²) < 4.78 is 51.7. The van der Waals surface area contributed by atoms with Crippen molar-refractivity contribution in [2.24, 2.45) is 0 Å². The first-order chi connectivity index (χ1) is 36.4. The van der Waals surface area contributed by atoms with Crippen molar-refractivity contribution in [3.05, 3.63) is 176 Å². The van der Waals surface area contributed by atoms with Gasteiger partial charge in [0.25, 0.3) is 0 Å². The fourth-order valence-electron chi connectivity index (χ4n) is 8.07. The zero-order chi connectivity index (χ0) is 54.5. The van der Waals surface area contributed by atoms with Crippen LogP contribution in [0.15, 0.2) is 110 Å². The van der Waals surface area contributed by atoms with Crippen LogP contribution in [0.4, 0.5) is 8.78 Å². The number of halogens is 4. The van der Waals surface area contributed by atoms with Gasteiger partial charge < -0.3 is 28.8 Å². The molecule has 6 aromatic carbocycles. The minimum atomic E-state index is -0.865. The van der Waals surface area contributed by atoms with Crippen molar-refractivity contribution in [3.8, 4) is 34.8 Å². The van der Waals surface area contributed by atoms with Crippen molar-refractivity contribution < 1.29 is 52.0 Å². The van der Waals surface area contributed by atoms with Crippen molar-refractivity contribution in [2.45, 2.75) is 86.0 Å². The summed E-state index contributed by atoms with van der Waals surface area (Å²) >= 11 is 12.9. The number of fused-ring (bicyclic) bond motifs is 2. The minimum absolute atomic E-state index is 0.00317. The van der Waals surface area contributed by atoms with Gasteiger partial charge in [-0.05, 0) is 129 Å². The Labute approximate surface area is 448 Å². The minimum Gasteiger partial charge on any atom is -0.493 e. The number of carboxylic acids is 1. The van der Waals surface area contributed by atoms with Gasteiger partial charge in [-0.2, -0.15) is 0 Å². The molecule has 392 valence electrons. The summed E-state index contributed by atoms with van der Waals surface area (Å²) in [5.74, 6) is 1.06. The van der Waals surface area contributed by atoms with Crippen LogP contribution in [0.25, 0.3) is 21.8 Å². The quantitative estimate of drug-likeness (QED) is 0.0635. The van der Waals surface area contributed by atoms with Gasteiger partial charge in [-0.1, -0.05) is 70.7 Å². The number of aryl methyl sites for hydroxylation is 4. The SMILES string of the molecule is CC(=O)CCCOc1cc2ncnc(Oc3ccc(CC(=O)Cc4cc(C)ccc4F)c(Cl)c3)c2cc1C.Cc1ccc(F)c(CC(=O)Cc2ccc(Oc3ncnc4cc(OCCCC(=O)O)c(C)cc34)cc2Cl)c1. The predicted molar refractivity (Wildman–Crippen MR) is 286 cm³/mol. The molecule has 2 aromatic heterocycles.